The van der Waals surface area contributed by atoms with Gasteiger partial charge in [0.2, 0.25) is 0 Å². The number of benzene rings is 4. The van der Waals surface area contributed by atoms with Crippen LogP contribution in [0.2, 0.25) is 0 Å². The van der Waals surface area contributed by atoms with Gasteiger partial charge in [-0.3, -0.25) is 4.68 Å². The predicted molar refractivity (Wildman–Crippen MR) is 206 cm³/mol. The number of aromatic nitrogens is 4. The molecule has 0 fully saturated rings. The first-order valence-corrected chi connectivity index (χ1v) is 17.7. The molecule has 0 bridgehead atoms. The van der Waals surface area contributed by atoms with Gasteiger partial charge < -0.3 is 9.30 Å². The monoisotopic (exact) mass is 853 g/mol. The summed E-state index contributed by atoms with van der Waals surface area (Å²) in [6, 6.07) is 34.9. The Bertz CT molecular complexity index is 2370. The zero-order chi connectivity index (χ0) is 35.5. The summed E-state index contributed by atoms with van der Waals surface area (Å²) >= 11 is 0. The van der Waals surface area contributed by atoms with Crippen molar-refractivity contribution in [3.63, 3.8) is 0 Å². The molecule has 0 atom stereocenters. The molecule has 3 heterocycles. The van der Waals surface area contributed by atoms with E-state index in [4.69, 9.17) is 14.8 Å². The Hall–Kier alpha value is -4.47. The number of pyridine rings is 1. The molecule has 262 valence electrons. The summed E-state index contributed by atoms with van der Waals surface area (Å²) in [6.45, 7) is 22.1. The van der Waals surface area contributed by atoms with Crippen molar-refractivity contribution in [2.75, 3.05) is 0 Å². The summed E-state index contributed by atoms with van der Waals surface area (Å²) in [4.78, 5) is 4.81. The van der Waals surface area contributed by atoms with E-state index in [1.807, 2.05) is 12.3 Å². The molecule has 0 aliphatic heterocycles. The van der Waals surface area contributed by atoms with E-state index in [1.165, 1.54) is 27.8 Å². The van der Waals surface area contributed by atoms with Crippen LogP contribution in [0.25, 0.3) is 44.4 Å². The fourth-order valence-electron chi connectivity index (χ4n) is 7.16. The Balaban J connectivity index is 0.00000448. The van der Waals surface area contributed by atoms with Crippen molar-refractivity contribution in [3.05, 3.63) is 131 Å². The molecular formula is C45H46N4OPt. The minimum Gasteiger partial charge on any atom is -0.509 e. The average Bonchev–Trinajstić information content (AvgIpc) is 3.59. The summed E-state index contributed by atoms with van der Waals surface area (Å²) in [5.41, 5.74) is 12.2. The van der Waals surface area contributed by atoms with Crippen LogP contribution < -0.4 is 4.74 Å². The Labute approximate surface area is 317 Å². The van der Waals surface area contributed by atoms with Crippen molar-refractivity contribution in [3.8, 4) is 34.1 Å². The quantitative estimate of drug-likeness (QED) is 0.150. The standard InChI is InChI=1S/C45H46N4O.Pt/c1-27(2)32-20-21-46-41(24-32)48-39-17-12-11-16-37(39)38-19-18-35(26-40(38)48)50-36-23-33(28(3)4)22-34(25-36)49-44(45(8,9)10)43(31(7)47-49)42-29(5)14-13-15-30(42)6;/h11-24,27-28H,1-10H3;/q-2;+2. The number of aryl methyl sites for hydroxylation is 3. The van der Waals surface area contributed by atoms with Gasteiger partial charge >= 0.3 is 21.1 Å². The molecule has 0 amide bonds. The van der Waals surface area contributed by atoms with Crippen LogP contribution in [0.4, 0.5) is 0 Å². The molecular weight excluding hydrogens is 808 g/mol. The van der Waals surface area contributed by atoms with Gasteiger partial charge in [-0.2, -0.15) is 11.2 Å². The second kappa shape index (κ2) is 13.9. The third kappa shape index (κ3) is 6.69. The number of hydrogen-bond acceptors (Lipinski definition) is 3. The number of hydrogen-bond donors (Lipinski definition) is 0. The maximum Gasteiger partial charge on any atom is 2.00 e. The smallest absolute Gasteiger partial charge is 0.509 e. The van der Waals surface area contributed by atoms with Crippen molar-refractivity contribution >= 4 is 21.8 Å². The van der Waals surface area contributed by atoms with Gasteiger partial charge in [0.1, 0.15) is 5.82 Å². The summed E-state index contributed by atoms with van der Waals surface area (Å²) in [5.74, 6) is 2.78. The molecule has 0 saturated heterocycles. The number of para-hydroxylation sites is 1. The molecule has 0 N–H and O–H groups in total. The summed E-state index contributed by atoms with van der Waals surface area (Å²) in [5, 5.41) is 7.45. The Kier molecular flexibility index (Phi) is 9.91. The summed E-state index contributed by atoms with van der Waals surface area (Å²) in [7, 11) is 0. The molecule has 0 unspecified atom stereocenters. The van der Waals surface area contributed by atoms with Crippen molar-refractivity contribution in [2.45, 2.75) is 86.5 Å². The van der Waals surface area contributed by atoms with Crippen molar-refractivity contribution < 1.29 is 25.8 Å². The molecule has 7 aromatic rings. The van der Waals surface area contributed by atoms with E-state index in [0.29, 0.717) is 17.4 Å². The molecule has 0 spiro atoms. The summed E-state index contributed by atoms with van der Waals surface area (Å²) < 4.78 is 11.0. The number of ether oxygens (including phenoxy) is 1. The number of fused-ring (bicyclic) bond motifs is 3. The van der Waals surface area contributed by atoms with Gasteiger partial charge in [0, 0.05) is 34.2 Å². The molecule has 51 heavy (non-hydrogen) atoms. The zero-order valence-electron chi connectivity index (χ0n) is 31.3. The minimum absolute atomic E-state index is 0. The average molecular weight is 854 g/mol. The second-order valence-electron chi connectivity index (χ2n) is 15.2. The molecule has 0 aliphatic rings. The summed E-state index contributed by atoms with van der Waals surface area (Å²) in [6.07, 6.45) is 1.90. The molecule has 3 aromatic heterocycles. The number of rotatable bonds is 7. The first-order chi connectivity index (χ1) is 23.8. The van der Waals surface area contributed by atoms with E-state index in [1.54, 1.807) is 0 Å². The van der Waals surface area contributed by atoms with Gasteiger partial charge in [0.05, 0.1) is 11.4 Å². The van der Waals surface area contributed by atoms with E-state index in [2.05, 4.69) is 163 Å². The Morgan fingerprint density at radius 1 is 0.706 bits per heavy atom. The van der Waals surface area contributed by atoms with Crippen LogP contribution in [0, 0.1) is 32.9 Å². The Morgan fingerprint density at radius 2 is 1.41 bits per heavy atom. The van der Waals surface area contributed by atoms with E-state index in [9.17, 15) is 0 Å². The normalized spacial score (nSPS) is 11.9. The van der Waals surface area contributed by atoms with Gasteiger partial charge in [-0.25, -0.2) is 4.98 Å². The van der Waals surface area contributed by atoms with E-state index >= 15 is 0 Å². The predicted octanol–water partition coefficient (Wildman–Crippen LogP) is 11.9. The Morgan fingerprint density at radius 3 is 2.10 bits per heavy atom. The number of nitrogens with zero attached hydrogens (tertiary/aromatic N) is 4. The fraction of sp³-hybridized carbons (Fsp3) is 0.289. The van der Waals surface area contributed by atoms with Gasteiger partial charge in [0.25, 0.3) is 0 Å². The zero-order valence-corrected chi connectivity index (χ0v) is 33.5. The topological polar surface area (TPSA) is 44.9 Å². The van der Waals surface area contributed by atoms with Crippen LogP contribution >= 0.6 is 0 Å². The van der Waals surface area contributed by atoms with Crippen molar-refractivity contribution in [2.24, 2.45) is 0 Å². The van der Waals surface area contributed by atoms with Crippen LogP contribution in [0.1, 0.15) is 93.9 Å². The van der Waals surface area contributed by atoms with E-state index < -0.39 is 0 Å². The van der Waals surface area contributed by atoms with Crippen LogP contribution in [0.5, 0.6) is 11.5 Å². The van der Waals surface area contributed by atoms with Gasteiger partial charge in [0.15, 0.2) is 0 Å². The molecule has 0 aliphatic carbocycles. The molecule has 4 aromatic carbocycles. The largest absolute Gasteiger partial charge is 2.00 e. The molecule has 0 saturated carbocycles. The van der Waals surface area contributed by atoms with Crippen LogP contribution in [-0.2, 0) is 26.5 Å². The van der Waals surface area contributed by atoms with E-state index in [-0.39, 0.29) is 32.4 Å². The molecule has 6 heteroatoms. The van der Waals surface area contributed by atoms with E-state index in [0.717, 1.165) is 50.3 Å². The van der Waals surface area contributed by atoms with Gasteiger partial charge in [-0.15, -0.1) is 41.3 Å². The minimum atomic E-state index is -0.193. The first kappa shape index (κ1) is 36.3. The van der Waals surface area contributed by atoms with Gasteiger partial charge in [-0.05, 0) is 84.1 Å². The SMILES string of the molecule is Cc1cccc(C)c1-c1c(C)nn(-c2[c-]c(Oc3[c-]c4c(cc3)c3ccccc3n4-c3cc(C(C)C)ccn3)cc(C(C)C)c2)c1C(C)(C)C.[Pt+2]. The third-order valence-corrected chi connectivity index (χ3v) is 9.69. The van der Waals surface area contributed by atoms with Gasteiger partial charge in [-0.1, -0.05) is 90.4 Å². The fourth-order valence-corrected chi connectivity index (χ4v) is 7.16. The molecule has 5 nitrogen and oxygen atoms in total. The second-order valence-corrected chi connectivity index (χ2v) is 15.2. The maximum atomic E-state index is 6.69. The van der Waals surface area contributed by atoms with Crippen LogP contribution in [-0.4, -0.2) is 19.3 Å². The van der Waals surface area contributed by atoms with Crippen molar-refractivity contribution in [1.82, 2.24) is 19.3 Å². The molecule has 7 rings (SSSR count). The first-order valence-electron chi connectivity index (χ1n) is 17.7. The van der Waals surface area contributed by atoms with Crippen LogP contribution in [0.15, 0.2) is 85.1 Å². The third-order valence-electron chi connectivity index (χ3n) is 9.69. The maximum absolute atomic E-state index is 6.69. The van der Waals surface area contributed by atoms with Crippen molar-refractivity contribution in [1.29, 1.82) is 0 Å². The van der Waals surface area contributed by atoms with Crippen LogP contribution in [0.3, 0.4) is 0 Å². The molecule has 0 radical (unpaired) electrons.